The third kappa shape index (κ3) is 4.45. The molecule has 0 aliphatic heterocycles. The Hall–Kier alpha value is -1.35. The first-order valence-electron chi connectivity index (χ1n) is 5.70. The second-order valence-corrected chi connectivity index (χ2v) is 3.88. The Morgan fingerprint density at radius 2 is 2.00 bits per heavy atom. The minimum atomic E-state index is 0.124. The van der Waals surface area contributed by atoms with Crippen LogP contribution in [-0.4, -0.2) is 26.0 Å². The number of amides is 1. The summed E-state index contributed by atoms with van der Waals surface area (Å²) in [7, 11) is 1.87. The maximum Gasteiger partial charge on any atom is 0.220 e. The molecule has 2 N–H and O–H groups in total. The number of rotatable bonds is 6. The molecule has 1 aromatic carbocycles. The van der Waals surface area contributed by atoms with E-state index in [1.807, 2.05) is 19.2 Å². The van der Waals surface area contributed by atoms with Crippen molar-refractivity contribution >= 4 is 5.91 Å². The number of benzene rings is 1. The van der Waals surface area contributed by atoms with E-state index in [1.165, 1.54) is 11.1 Å². The van der Waals surface area contributed by atoms with Gasteiger partial charge in [0.1, 0.15) is 0 Å². The second-order valence-electron chi connectivity index (χ2n) is 3.88. The molecule has 0 saturated heterocycles. The topological polar surface area (TPSA) is 41.1 Å². The maximum atomic E-state index is 11.5. The van der Waals surface area contributed by atoms with Crippen molar-refractivity contribution in [1.82, 2.24) is 10.6 Å². The predicted molar refractivity (Wildman–Crippen MR) is 66.4 cm³/mol. The molecule has 0 fully saturated rings. The molecule has 0 saturated carbocycles. The Kier molecular flexibility index (Phi) is 5.57. The van der Waals surface area contributed by atoms with Crippen LogP contribution in [0.1, 0.15) is 17.5 Å². The third-order valence-corrected chi connectivity index (χ3v) is 2.58. The van der Waals surface area contributed by atoms with E-state index in [0.717, 1.165) is 13.0 Å². The summed E-state index contributed by atoms with van der Waals surface area (Å²) >= 11 is 0. The molecule has 88 valence electrons. The van der Waals surface area contributed by atoms with Crippen LogP contribution in [0.15, 0.2) is 24.3 Å². The van der Waals surface area contributed by atoms with Crippen molar-refractivity contribution in [3.05, 3.63) is 35.4 Å². The van der Waals surface area contributed by atoms with E-state index < -0.39 is 0 Å². The highest BCUT2D eigenvalue weighted by Gasteiger charge is 2.02. The molecule has 0 aliphatic rings. The largest absolute Gasteiger partial charge is 0.355 e. The summed E-state index contributed by atoms with van der Waals surface area (Å²) < 4.78 is 0. The second kappa shape index (κ2) is 7.01. The molecule has 1 aromatic rings. The van der Waals surface area contributed by atoms with Gasteiger partial charge in [-0.15, -0.1) is 0 Å². The molecular weight excluding hydrogens is 200 g/mol. The molecule has 16 heavy (non-hydrogen) atoms. The van der Waals surface area contributed by atoms with E-state index >= 15 is 0 Å². The fraction of sp³-hybridized carbons (Fsp3) is 0.462. The summed E-state index contributed by atoms with van der Waals surface area (Å²) in [6.45, 7) is 3.59. The number of aryl methyl sites for hydroxylation is 2. The van der Waals surface area contributed by atoms with E-state index in [9.17, 15) is 4.79 Å². The molecule has 3 heteroatoms. The van der Waals surface area contributed by atoms with Gasteiger partial charge in [-0.25, -0.2) is 0 Å². The van der Waals surface area contributed by atoms with Gasteiger partial charge in [0.05, 0.1) is 0 Å². The van der Waals surface area contributed by atoms with Crippen LogP contribution in [0.5, 0.6) is 0 Å². The first-order chi connectivity index (χ1) is 7.74. The highest BCUT2D eigenvalue weighted by Crippen LogP contribution is 2.09. The van der Waals surface area contributed by atoms with Gasteiger partial charge < -0.3 is 10.6 Å². The van der Waals surface area contributed by atoms with Crippen molar-refractivity contribution in [2.75, 3.05) is 20.1 Å². The lowest BCUT2D eigenvalue weighted by Gasteiger charge is -2.06. The fourth-order valence-corrected chi connectivity index (χ4v) is 1.55. The third-order valence-electron chi connectivity index (χ3n) is 2.58. The van der Waals surface area contributed by atoms with Gasteiger partial charge in [-0.2, -0.15) is 0 Å². The molecule has 3 nitrogen and oxygen atoms in total. The van der Waals surface area contributed by atoms with Crippen molar-refractivity contribution in [2.24, 2.45) is 0 Å². The van der Waals surface area contributed by atoms with Gasteiger partial charge in [-0.05, 0) is 31.5 Å². The van der Waals surface area contributed by atoms with E-state index in [0.29, 0.717) is 13.0 Å². The van der Waals surface area contributed by atoms with Crippen molar-refractivity contribution in [3.8, 4) is 0 Å². The highest BCUT2D eigenvalue weighted by molar-refractivity contribution is 5.76. The molecule has 0 atom stereocenters. The van der Waals surface area contributed by atoms with E-state index in [-0.39, 0.29) is 5.91 Å². The Morgan fingerprint density at radius 1 is 1.25 bits per heavy atom. The normalized spacial score (nSPS) is 10.1. The number of carbonyl (C=O) groups excluding carboxylic acids is 1. The van der Waals surface area contributed by atoms with Crippen molar-refractivity contribution in [3.63, 3.8) is 0 Å². The van der Waals surface area contributed by atoms with E-state index in [4.69, 9.17) is 0 Å². The first kappa shape index (κ1) is 12.7. The lowest BCUT2D eigenvalue weighted by molar-refractivity contribution is -0.121. The van der Waals surface area contributed by atoms with Crippen LogP contribution in [0.2, 0.25) is 0 Å². The lowest BCUT2D eigenvalue weighted by atomic mass is 10.0. The molecule has 0 spiro atoms. The number of hydrogen-bond acceptors (Lipinski definition) is 2. The Bertz CT molecular complexity index is 336. The van der Waals surface area contributed by atoms with Crippen LogP contribution >= 0.6 is 0 Å². The molecular formula is C13H20N2O. The van der Waals surface area contributed by atoms with Crippen LogP contribution in [0.4, 0.5) is 0 Å². The summed E-state index contributed by atoms with van der Waals surface area (Å²) in [5, 5.41) is 5.86. The van der Waals surface area contributed by atoms with Gasteiger partial charge in [0.15, 0.2) is 0 Å². The maximum absolute atomic E-state index is 11.5. The SMILES string of the molecule is CNCCNC(=O)CCc1ccccc1C. The van der Waals surface area contributed by atoms with Gasteiger partial charge in [-0.3, -0.25) is 4.79 Å². The molecule has 0 bridgehead atoms. The summed E-state index contributed by atoms with van der Waals surface area (Å²) in [4.78, 5) is 11.5. The molecule has 0 radical (unpaired) electrons. The molecule has 0 unspecified atom stereocenters. The summed E-state index contributed by atoms with van der Waals surface area (Å²) in [5.74, 6) is 0.124. The van der Waals surface area contributed by atoms with Crippen LogP contribution in [0.25, 0.3) is 0 Å². The standard InChI is InChI=1S/C13H20N2O/c1-11-5-3-4-6-12(11)7-8-13(16)15-10-9-14-2/h3-6,14H,7-10H2,1-2H3,(H,15,16). The average Bonchev–Trinajstić information content (AvgIpc) is 2.28. The summed E-state index contributed by atoms with van der Waals surface area (Å²) in [5.41, 5.74) is 2.51. The fourth-order valence-electron chi connectivity index (χ4n) is 1.55. The Morgan fingerprint density at radius 3 is 2.69 bits per heavy atom. The average molecular weight is 220 g/mol. The molecule has 0 aliphatic carbocycles. The zero-order chi connectivity index (χ0) is 11.8. The molecule has 0 heterocycles. The molecule has 1 rings (SSSR count). The highest BCUT2D eigenvalue weighted by atomic mass is 16.1. The number of hydrogen-bond donors (Lipinski definition) is 2. The number of nitrogens with one attached hydrogen (secondary N) is 2. The zero-order valence-electron chi connectivity index (χ0n) is 10.0. The van der Waals surface area contributed by atoms with Crippen molar-refractivity contribution < 1.29 is 4.79 Å². The number of likely N-dealkylation sites (N-methyl/N-ethyl adjacent to an activating group) is 1. The van der Waals surface area contributed by atoms with Crippen LogP contribution in [0.3, 0.4) is 0 Å². The van der Waals surface area contributed by atoms with Gasteiger partial charge >= 0.3 is 0 Å². The van der Waals surface area contributed by atoms with Gasteiger partial charge in [-0.1, -0.05) is 24.3 Å². The Balaban J connectivity index is 2.29. The quantitative estimate of drug-likeness (QED) is 0.709. The van der Waals surface area contributed by atoms with Gasteiger partial charge in [0, 0.05) is 19.5 Å². The van der Waals surface area contributed by atoms with E-state index in [2.05, 4.69) is 29.7 Å². The minimum Gasteiger partial charge on any atom is -0.355 e. The van der Waals surface area contributed by atoms with Crippen LogP contribution in [-0.2, 0) is 11.2 Å². The van der Waals surface area contributed by atoms with Crippen LogP contribution < -0.4 is 10.6 Å². The van der Waals surface area contributed by atoms with E-state index in [1.54, 1.807) is 0 Å². The van der Waals surface area contributed by atoms with Crippen molar-refractivity contribution in [2.45, 2.75) is 19.8 Å². The monoisotopic (exact) mass is 220 g/mol. The van der Waals surface area contributed by atoms with Crippen molar-refractivity contribution in [1.29, 1.82) is 0 Å². The van der Waals surface area contributed by atoms with Crippen LogP contribution in [0, 0.1) is 6.92 Å². The Labute approximate surface area is 97.2 Å². The number of carbonyl (C=O) groups is 1. The van der Waals surface area contributed by atoms with Gasteiger partial charge in [0.2, 0.25) is 5.91 Å². The zero-order valence-corrected chi connectivity index (χ0v) is 10.0. The smallest absolute Gasteiger partial charge is 0.220 e. The lowest BCUT2D eigenvalue weighted by Crippen LogP contribution is -2.30. The summed E-state index contributed by atoms with van der Waals surface area (Å²) in [6.07, 6.45) is 1.38. The van der Waals surface area contributed by atoms with Gasteiger partial charge in [0.25, 0.3) is 0 Å². The first-order valence-corrected chi connectivity index (χ1v) is 5.70. The minimum absolute atomic E-state index is 0.124. The summed E-state index contributed by atoms with van der Waals surface area (Å²) in [6, 6.07) is 8.19. The predicted octanol–water partition coefficient (Wildman–Crippen LogP) is 1.26. The molecule has 1 amide bonds. The molecule has 0 aromatic heterocycles.